The van der Waals surface area contributed by atoms with Gasteiger partial charge in [0.1, 0.15) is 18.1 Å². The number of hydrogen-bond donors (Lipinski definition) is 4. The Morgan fingerprint density at radius 2 is 1.97 bits per heavy atom. The van der Waals surface area contributed by atoms with Crippen molar-refractivity contribution in [2.45, 2.75) is 6.18 Å². The molecule has 0 fully saturated rings. The second-order valence-electron chi connectivity index (χ2n) is 6.50. The van der Waals surface area contributed by atoms with Crippen LogP contribution in [0, 0.1) is 0 Å². The lowest BCUT2D eigenvalue weighted by atomic mass is 10.1. The molecule has 0 spiro atoms. The standard InChI is InChI=1S/C20H16F3N5O3/c21-20(22,23)12-9-11(5-6-16(12)31-8-7-29)19(30)26-17-10-15(27-28-17)18-24-13-3-1-2-4-14(13)25-18/h1-6,9-10,29H,7-8H2,(H,24,25)(H2,26,27,28,30). The lowest BCUT2D eigenvalue weighted by Crippen LogP contribution is -2.16. The third kappa shape index (κ3) is 4.36. The van der Waals surface area contributed by atoms with Crippen LogP contribution in [-0.4, -0.2) is 44.4 Å². The number of amides is 1. The van der Waals surface area contributed by atoms with E-state index in [1.807, 2.05) is 24.3 Å². The van der Waals surface area contributed by atoms with E-state index in [0.717, 1.165) is 17.1 Å². The van der Waals surface area contributed by atoms with E-state index in [1.54, 1.807) is 0 Å². The second kappa shape index (κ2) is 8.11. The summed E-state index contributed by atoms with van der Waals surface area (Å²) in [4.78, 5) is 20.0. The number of para-hydroxylation sites is 2. The number of anilines is 1. The molecule has 0 aliphatic carbocycles. The summed E-state index contributed by atoms with van der Waals surface area (Å²) in [5, 5.41) is 17.9. The van der Waals surface area contributed by atoms with Gasteiger partial charge in [-0.1, -0.05) is 12.1 Å². The summed E-state index contributed by atoms with van der Waals surface area (Å²) >= 11 is 0. The number of aliphatic hydroxyl groups is 1. The van der Waals surface area contributed by atoms with Crippen LogP contribution in [0.3, 0.4) is 0 Å². The quantitative estimate of drug-likeness (QED) is 0.372. The van der Waals surface area contributed by atoms with Crippen molar-refractivity contribution in [2.75, 3.05) is 18.5 Å². The fraction of sp³-hybridized carbons (Fsp3) is 0.150. The average Bonchev–Trinajstić information content (AvgIpc) is 3.38. The third-order valence-corrected chi connectivity index (χ3v) is 4.36. The number of rotatable bonds is 6. The van der Waals surface area contributed by atoms with Crippen molar-refractivity contribution < 1.29 is 27.8 Å². The van der Waals surface area contributed by atoms with Gasteiger partial charge in [0.25, 0.3) is 5.91 Å². The number of aliphatic hydroxyl groups excluding tert-OH is 1. The number of imidazole rings is 1. The van der Waals surface area contributed by atoms with Gasteiger partial charge in [-0.2, -0.15) is 18.3 Å². The Morgan fingerprint density at radius 3 is 2.71 bits per heavy atom. The SMILES string of the molecule is O=C(Nc1cc(-c2nc3ccccc3[nH]2)[nH]n1)c1ccc(OCCO)c(C(F)(F)F)c1. The minimum absolute atomic E-state index is 0.120. The summed E-state index contributed by atoms with van der Waals surface area (Å²) in [6, 6.07) is 11.8. The van der Waals surface area contributed by atoms with E-state index in [4.69, 9.17) is 9.84 Å². The monoisotopic (exact) mass is 431 g/mol. The molecule has 4 rings (SSSR count). The first kappa shape index (κ1) is 20.4. The number of hydrogen-bond acceptors (Lipinski definition) is 5. The first-order chi connectivity index (χ1) is 14.8. The molecule has 0 atom stereocenters. The molecule has 0 unspecified atom stereocenters. The minimum Gasteiger partial charge on any atom is -0.491 e. The molecule has 2 heterocycles. The van der Waals surface area contributed by atoms with Gasteiger partial charge in [0.2, 0.25) is 0 Å². The molecule has 31 heavy (non-hydrogen) atoms. The summed E-state index contributed by atoms with van der Waals surface area (Å²) in [5.41, 5.74) is 0.729. The maximum absolute atomic E-state index is 13.3. The highest BCUT2D eigenvalue weighted by Gasteiger charge is 2.35. The zero-order chi connectivity index (χ0) is 22.0. The van der Waals surface area contributed by atoms with Crippen molar-refractivity contribution in [1.29, 1.82) is 0 Å². The Morgan fingerprint density at radius 1 is 1.16 bits per heavy atom. The minimum atomic E-state index is -4.73. The van der Waals surface area contributed by atoms with Gasteiger partial charge in [-0.15, -0.1) is 0 Å². The molecule has 0 aliphatic rings. The summed E-state index contributed by atoms with van der Waals surface area (Å²) in [7, 11) is 0. The molecule has 8 nitrogen and oxygen atoms in total. The highest BCUT2D eigenvalue weighted by Crippen LogP contribution is 2.37. The molecule has 11 heteroatoms. The fourth-order valence-corrected chi connectivity index (χ4v) is 2.95. The van der Waals surface area contributed by atoms with Crippen LogP contribution in [0.5, 0.6) is 5.75 Å². The van der Waals surface area contributed by atoms with E-state index in [0.29, 0.717) is 17.6 Å². The zero-order valence-corrected chi connectivity index (χ0v) is 15.8. The topological polar surface area (TPSA) is 116 Å². The van der Waals surface area contributed by atoms with Gasteiger partial charge in [0, 0.05) is 11.6 Å². The molecule has 0 bridgehead atoms. The number of carbonyl (C=O) groups is 1. The molecule has 2 aromatic carbocycles. The molecule has 4 N–H and O–H groups in total. The van der Waals surface area contributed by atoms with E-state index in [9.17, 15) is 18.0 Å². The van der Waals surface area contributed by atoms with E-state index < -0.39 is 30.0 Å². The van der Waals surface area contributed by atoms with E-state index in [2.05, 4.69) is 25.5 Å². The van der Waals surface area contributed by atoms with Crippen LogP contribution in [0.2, 0.25) is 0 Å². The van der Waals surface area contributed by atoms with E-state index >= 15 is 0 Å². The number of H-pyrrole nitrogens is 2. The summed E-state index contributed by atoms with van der Waals surface area (Å²) in [6.07, 6.45) is -4.73. The van der Waals surface area contributed by atoms with Crippen molar-refractivity contribution in [3.63, 3.8) is 0 Å². The van der Waals surface area contributed by atoms with Crippen molar-refractivity contribution in [3.05, 3.63) is 59.7 Å². The smallest absolute Gasteiger partial charge is 0.419 e. The number of nitrogens with one attached hydrogen (secondary N) is 3. The van der Waals surface area contributed by atoms with E-state index in [-0.39, 0.29) is 18.0 Å². The number of nitrogens with zero attached hydrogens (tertiary/aromatic N) is 2. The summed E-state index contributed by atoms with van der Waals surface area (Å²) in [5.74, 6) is -0.625. The molecule has 0 aliphatic heterocycles. The number of benzene rings is 2. The normalized spacial score (nSPS) is 11.6. The van der Waals surface area contributed by atoms with Crippen LogP contribution in [-0.2, 0) is 6.18 Å². The molecule has 2 aromatic heterocycles. The van der Waals surface area contributed by atoms with Gasteiger partial charge in [-0.05, 0) is 30.3 Å². The molecule has 1 amide bonds. The van der Waals surface area contributed by atoms with Crippen molar-refractivity contribution in [1.82, 2.24) is 20.2 Å². The second-order valence-corrected chi connectivity index (χ2v) is 6.50. The Kier molecular flexibility index (Phi) is 5.34. The highest BCUT2D eigenvalue weighted by molar-refractivity contribution is 6.04. The highest BCUT2D eigenvalue weighted by atomic mass is 19.4. The summed E-state index contributed by atoms with van der Waals surface area (Å²) < 4.78 is 44.9. The molecule has 160 valence electrons. The molecule has 0 radical (unpaired) electrons. The predicted molar refractivity (Wildman–Crippen MR) is 106 cm³/mol. The lowest BCUT2D eigenvalue weighted by molar-refractivity contribution is -0.139. The zero-order valence-electron chi connectivity index (χ0n) is 15.8. The van der Waals surface area contributed by atoms with Crippen LogP contribution in [0.15, 0.2) is 48.5 Å². The van der Waals surface area contributed by atoms with Crippen LogP contribution < -0.4 is 10.1 Å². The first-order valence-corrected chi connectivity index (χ1v) is 9.12. The Hall–Kier alpha value is -3.86. The van der Waals surface area contributed by atoms with Crippen molar-refractivity contribution >= 4 is 22.8 Å². The number of carbonyl (C=O) groups excluding carboxylic acids is 1. The van der Waals surface area contributed by atoms with Gasteiger partial charge < -0.3 is 20.1 Å². The van der Waals surface area contributed by atoms with Crippen LogP contribution >= 0.6 is 0 Å². The fourth-order valence-electron chi connectivity index (χ4n) is 2.95. The van der Waals surface area contributed by atoms with Gasteiger partial charge in [0.05, 0.1) is 23.2 Å². The summed E-state index contributed by atoms with van der Waals surface area (Å²) in [6.45, 7) is -0.737. The maximum Gasteiger partial charge on any atom is 0.419 e. The number of alkyl halides is 3. The number of fused-ring (bicyclic) bond motifs is 1. The van der Waals surface area contributed by atoms with Crippen LogP contribution in [0.1, 0.15) is 15.9 Å². The molecule has 0 saturated carbocycles. The molecular formula is C20H16F3N5O3. The van der Waals surface area contributed by atoms with Crippen molar-refractivity contribution in [2.24, 2.45) is 0 Å². The predicted octanol–water partition coefficient (Wildman–Crippen LogP) is 3.60. The van der Waals surface area contributed by atoms with Gasteiger partial charge in [-0.25, -0.2) is 4.98 Å². The molecular weight excluding hydrogens is 415 g/mol. The maximum atomic E-state index is 13.3. The van der Waals surface area contributed by atoms with Gasteiger partial charge >= 0.3 is 6.18 Å². The lowest BCUT2D eigenvalue weighted by Gasteiger charge is -2.14. The van der Waals surface area contributed by atoms with Crippen LogP contribution in [0.25, 0.3) is 22.6 Å². The van der Waals surface area contributed by atoms with Gasteiger partial charge in [-0.3, -0.25) is 9.89 Å². The number of aromatic amines is 2. The largest absolute Gasteiger partial charge is 0.491 e. The van der Waals surface area contributed by atoms with Crippen LogP contribution in [0.4, 0.5) is 19.0 Å². The average molecular weight is 431 g/mol. The Balaban J connectivity index is 1.54. The molecule has 0 saturated heterocycles. The number of aromatic nitrogens is 4. The number of ether oxygens (including phenoxy) is 1. The van der Waals surface area contributed by atoms with Gasteiger partial charge in [0.15, 0.2) is 11.6 Å². The number of halogens is 3. The third-order valence-electron chi connectivity index (χ3n) is 4.36. The van der Waals surface area contributed by atoms with Crippen molar-refractivity contribution in [3.8, 4) is 17.3 Å². The Labute approximate surface area is 173 Å². The Bertz CT molecular complexity index is 1200. The first-order valence-electron chi connectivity index (χ1n) is 9.12. The molecule has 4 aromatic rings. The van der Waals surface area contributed by atoms with E-state index in [1.165, 1.54) is 12.1 Å².